The summed E-state index contributed by atoms with van der Waals surface area (Å²) in [5.41, 5.74) is 0. The summed E-state index contributed by atoms with van der Waals surface area (Å²) in [5.74, 6) is -1.13. The molecule has 0 heterocycles. The van der Waals surface area contributed by atoms with Gasteiger partial charge in [-0.2, -0.15) is 0 Å². The van der Waals surface area contributed by atoms with Gasteiger partial charge in [-0.1, -0.05) is 201 Å². The van der Waals surface area contributed by atoms with Crippen LogP contribution in [0.15, 0.2) is 97.2 Å². The van der Waals surface area contributed by atoms with Crippen molar-refractivity contribution in [3.05, 3.63) is 97.2 Å². The van der Waals surface area contributed by atoms with Gasteiger partial charge in [0.25, 0.3) is 0 Å². The highest BCUT2D eigenvalue weighted by Crippen LogP contribution is 2.13. The van der Waals surface area contributed by atoms with Crippen molar-refractivity contribution in [2.24, 2.45) is 0 Å². The third-order valence-electron chi connectivity index (χ3n) is 10.3. The Morgan fingerprint density at radius 3 is 1.23 bits per heavy atom. The minimum Gasteiger partial charge on any atom is -0.462 e. The first-order valence-electron chi connectivity index (χ1n) is 25.2. The zero-order valence-corrected chi connectivity index (χ0v) is 40.1. The van der Waals surface area contributed by atoms with Crippen LogP contribution in [-0.4, -0.2) is 37.2 Å². The van der Waals surface area contributed by atoms with Crippen LogP contribution in [0.4, 0.5) is 0 Å². The van der Waals surface area contributed by atoms with E-state index in [9.17, 15) is 14.4 Å². The van der Waals surface area contributed by atoms with Crippen molar-refractivity contribution in [3.63, 3.8) is 0 Å². The number of unbranched alkanes of at least 4 members (excludes halogenated alkanes) is 18. The number of carbonyl (C=O) groups excluding carboxylic acids is 3. The number of ether oxygens (including phenoxy) is 3. The molecular formula is C56H92O6. The number of esters is 3. The van der Waals surface area contributed by atoms with Crippen molar-refractivity contribution in [2.75, 3.05) is 13.2 Å². The molecule has 0 spiro atoms. The third kappa shape index (κ3) is 47.4. The molecule has 6 heteroatoms. The largest absolute Gasteiger partial charge is 0.462 e. The highest BCUT2D eigenvalue weighted by atomic mass is 16.6. The first kappa shape index (κ1) is 58.3. The molecule has 0 aliphatic carbocycles. The third-order valence-corrected chi connectivity index (χ3v) is 10.3. The van der Waals surface area contributed by atoms with Crippen molar-refractivity contribution in [1.82, 2.24) is 0 Å². The summed E-state index contributed by atoms with van der Waals surface area (Å²) in [6, 6.07) is 0. The van der Waals surface area contributed by atoms with E-state index in [0.717, 1.165) is 77.0 Å². The standard InChI is InChI=1S/C56H92O6/c1-4-7-10-13-16-19-21-23-25-27-29-30-32-34-37-40-43-46-49-55(58)61-52-53(51-60-54(57)48-45-42-39-36-18-15-12-9-6-3)62-56(59)50-47-44-41-38-35-33-31-28-26-24-22-20-17-14-11-8-5-2/h9,12,17-18,20,24,26,29-31,33,36,38,41-42,45,53H,4-8,10-11,13-16,19,21-23,25,27-28,32,34-35,37,39-40,43-44,46-52H2,1-3H3/b12-9-,20-17-,26-24-,30-29-,33-31-,36-18-,41-38-,45-42-. The number of allylic oxidation sites excluding steroid dienone is 15. The summed E-state index contributed by atoms with van der Waals surface area (Å²) in [6.07, 6.45) is 65.8. The van der Waals surface area contributed by atoms with Crippen LogP contribution in [0.5, 0.6) is 0 Å². The van der Waals surface area contributed by atoms with E-state index in [-0.39, 0.29) is 32.0 Å². The Labute approximate surface area is 381 Å². The summed E-state index contributed by atoms with van der Waals surface area (Å²) >= 11 is 0. The van der Waals surface area contributed by atoms with E-state index in [0.29, 0.717) is 12.8 Å². The molecule has 0 aliphatic heterocycles. The fourth-order valence-electron chi connectivity index (χ4n) is 6.55. The zero-order chi connectivity index (χ0) is 45.1. The van der Waals surface area contributed by atoms with Gasteiger partial charge in [0.05, 0.1) is 6.42 Å². The average Bonchev–Trinajstić information content (AvgIpc) is 3.27. The molecular weight excluding hydrogens is 769 g/mol. The van der Waals surface area contributed by atoms with Crippen molar-refractivity contribution < 1.29 is 28.6 Å². The van der Waals surface area contributed by atoms with Crippen molar-refractivity contribution in [1.29, 1.82) is 0 Å². The molecule has 0 amide bonds. The quantitative estimate of drug-likeness (QED) is 0.0263. The molecule has 1 unspecified atom stereocenters. The fourth-order valence-corrected chi connectivity index (χ4v) is 6.55. The maximum absolute atomic E-state index is 12.7. The summed E-state index contributed by atoms with van der Waals surface area (Å²) in [4.78, 5) is 37.8. The molecule has 0 aromatic carbocycles. The Morgan fingerprint density at radius 2 is 0.710 bits per heavy atom. The molecule has 0 saturated heterocycles. The second-order valence-corrected chi connectivity index (χ2v) is 16.4. The van der Waals surface area contributed by atoms with Gasteiger partial charge in [-0.3, -0.25) is 14.4 Å². The van der Waals surface area contributed by atoms with Crippen LogP contribution in [0.1, 0.15) is 220 Å². The SMILES string of the molecule is CC/C=C\C/C=C\C/C=C\CC(=O)OCC(COC(=O)CCCCCCC/C=C\CCCCCCCCCCC)OC(=O)CCC/C=C\C/C=C\C/C=C\C/C=C\CCCCC. The second kappa shape index (κ2) is 50.0. The van der Waals surface area contributed by atoms with Gasteiger partial charge < -0.3 is 14.2 Å². The van der Waals surface area contributed by atoms with Crippen LogP contribution >= 0.6 is 0 Å². The smallest absolute Gasteiger partial charge is 0.309 e. The highest BCUT2D eigenvalue weighted by molar-refractivity contribution is 5.72. The molecule has 0 saturated carbocycles. The van der Waals surface area contributed by atoms with E-state index in [2.05, 4.69) is 106 Å². The molecule has 0 N–H and O–H groups in total. The number of rotatable bonds is 44. The summed E-state index contributed by atoms with van der Waals surface area (Å²) in [6.45, 7) is 6.33. The lowest BCUT2D eigenvalue weighted by Gasteiger charge is -2.18. The van der Waals surface area contributed by atoms with Crippen LogP contribution in [0.3, 0.4) is 0 Å². The molecule has 1 atom stereocenters. The van der Waals surface area contributed by atoms with E-state index >= 15 is 0 Å². The van der Waals surface area contributed by atoms with Gasteiger partial charge in [0.15, 0.2) is 6.10 Å². The van der Waals surface area contributed by atoms with Crippen LogP contribution in [0.25, 0.3) is 0 Å². The van der Waals surface area contributed by atoms with Crippen LogP contribution < -0.4 is 0 Å². The van der Waals surface area contributed by atoms with Gasteiger partial charge in [0.2, 0.25) is 0 Å². The molecule has 0 radical (unpaired) electrons. The Morgan fingerprint density at radius 1 is 0.355 bits per heavy atom. The lowest BCUT2D eigenvalue weighted by molar-refractivity contribution is -0.166. The summed E-state index contributed by atoms with van der Waals surface area (Å²) in [5, 5.41) is 0. The van der Waals surface area contributed by atoms with Gasteiger partial charge in [-0.25, -0.2) is 0 Å². The van der Waals surface area contributed by atoms with Gasteiger partial charge in [0, 0.05) is 12.8 Å². The molecule has 0 aromatic rings. The van der Waals surface area contributed by atoms with Gasteiger partial charge in [-0.15, -0.1) is 0 Å². The van der Waals surface area contributed by atoms with Crippen molar-refractivity contribution >= 4 is 17.9 Å². The normalized spacial score (nSPS) is 12.9. The van der Waals surface area contributed by atoms with E-state index in [1.807, 2.05) is 6.08 Å². The average molecular weight is 861 g/mol. The van der Waals surface area contributed by atoms with Crippen LogP contribution in [0, 0.1) is 0 Å². The lowest BCUT2D eigenvalue weighted by Crippen LogP contribution is -2.30. The summed E-state index contributed by atoms with van der Waals surface area (Å²) < 4.78 is 16.6. The predicted molar refractivity (Wildman–Crippen MR) is 265 cm³/mol. The van der Waals surface area contributed by atoms with Crippen molar-refractivity contribution in [2.45, 2.75) is 226 Å². The van der Waals surface area contributed by atoms with E-state index in [4.69, 9.17) is 14.2 Å². The number of hydrogen-bond donors (Lipinski definition) is 0. The predicted octanol–water partition coefficient (Wildman–Crippen LogP) is 16.6. The summed E-state index contributed by atoms with van der Waals surface area (Å²) in [7, 11) is 0. The van der Waals surface area contributed by atoms with Gasteiger partial charge in [0.1, 0.15) is 13.2 Å². The lowest BCUT2D eigenvalue weighted by atomic mass is 10.1. The Hall–Kier alpha value is -3.67. The molecule has 0 aromatic heterocycles. The number of carbonyl (C=O) groups is 3. The second-order valence-electron chi connectivity index (χ2n) is 16.4. The van der Waals surface area contributed by atoms with Crippen LogP contribution in [-0.2, 0) is 28.6 Å². The minimum atomic E-state index is -0.844. The van der Waals surface area contributed by atoms with E-state index in [1.54, 1.807) is 6.08 Å². The Bertz CT molecular complexity index is 1260. The monoisotopic (exact) mass is 861 g/mol. The zero-order valence-electron chi connectivity index (χ0n) is 40.1. The van der Waals surface area contributed by atoms with E-state index < -0.39 is 18.0 Å². The van der Waals surface area contributed by atoms with Crippen molar-refractivity contribution in [3.8, 4) is 0 Å². The van der Waals surface area contributed by atoms with Gasteiger partial charge >= 0.3 is 17.9 Å². The molecule has 62 heavy (non-hydrogen) atoms. The van der Waals surface area contributed by atoms with E-state index in [1.165, 1.54) is 96.3 Å². The van der Waals surface area contributed by atoms with Gasteiger partial charge in [-0.05, 0) is 96.3 Å². The van der Waals surface area contributed by atoms with Crippen LogP contribution in [0.2, 0.25) is 0 Å². The molecule has 352 valence electrons. The molecule has 0 aliphatic rings. The topological polar surface area (TPSA) is 78.9 Å². The molecule has 0 bridgehead atoms. The molecule has 0 fully saturated rings. The minimum absolute atomic E-state index is 0.120. The number of hydrogen-bond acceptors (Lipinski definition) is 6. The molecule has 6 nitrogen and oxygen atoms in total. The maximum Gasteiger partial charge on any atom is 0.309 e. The Kier molecular flexibility index (Phi) is 47.0. The highest BCUT2D eigenvalue weighted by Gasteiger charge is 2.19. The Balaban J connectivity index is 4.48. The fraction of sp³-hybridized carbons (Fsp3) is 0.661. The first-order chi connectivity index (χ1) is 30.5. The first-order valence-corrected chi connectivity index (χ1v) is 25.2. The maximum atomic E-state index is 12.7. The molecule has 0 rings (SSSR count).